The van der Waals surface area contributed by atoms with Crippen LogP contribution in [0.1, 0.15) is 11.1 Å². The Morgan fingerprint density at radius 1 is 1.40 bits per heavy atom. The minimum atomic E-state index is -0.300. The van der Waals surface area contributed by atoms with Crippen molar-refractivity contribution < 1.29 is 9.53 Å². The van der Waals surface area contributed by atoms with Crippen molar-refractivity contribution in [3.05, 3.63) is 53.7 Å². The van der Waals surface area contributed by atoms with E-state index in [4.69, 9.17) is 10.00 Å². The minimum absolute atomic E-state index is 0.134. The zero-order valence-corrected chi connectivity index (χ0v) is 11.0. The van der Waals surface area contributed by atoms with Crippen LogP contribution in [0.3, 0.4) is 0 Å². The first-order chi connectivity index (χ1) is 9.67. The molecule has 1 heterocycles. The number of hydrogen-bond donors (Lipinski definition) is 1. The Balaban J connectivity index is 1.90. The van der Waals surface area contributed by atoms with Crippen LogP contribution in [0.5, 0.6) is 5.75 Å². The van der Waals surface area contributed by atoms with Gasteiger partial charge in [0.1, 0.15) is 11.6 Å². The van der Waals surface area contributed by atoms with Gasteiger partial charge in [-0.2, -0.15) is 5.26 Å². The lowest BCUT2D eigenvalue weighted by Crippen LogP contribution is -2.20. The van der Waals surface area contributed by atoms with Crippen LogP contribution in [0.25, 0.3) is 0 Å². The number of hydrogen-bond acceptors (Lipinski definition) is 4. The molecule has 0 aliphatic carbocycles. The zero-order chi connectivity index (χ0) is 14.4. The van der Waals surface area contributed by atoms with E-state index < -0.39 is 0 Å². The number of aryl methyl sites for hydroxylation is 1. The number of nitrogens with one attached hydrogen (secondary N) is 1. The molecule has 0 fully saturated rings. The number of nitrogens with zero attached hydrogens (tertiary/aromatic N) is 2. The first-order valence-electron chi connectivity index (χ1n) is 6.03. The van der Waals surface area contributed by atoms with Crippen molar-refractivity contribution in [1.82, 2.24) is 4.98 Å². The first-order valence-corrected chi connectivity index (χ1v) is 6.03. The standard InChI is InChI=1S/C15H13N3O2/c1-11-5-6-17-14(7-11)18-15(19)10-20-13-4-2-3-12(8-13)9-16/h2-8H,10H2,1H3,(H,17,18,19). The van der Waals surface area contributed by atoms with Crippen molar-refractivity contribution in [1.29, 1.82) is 5.26 Å². The molecule has 1 aromatic heterocycles. The van der Waals surface area contributed by atoms with E-state index >= 15 is 0 Å². The van der Waals surface area contributed by atoms with Crippen molar-refractivity contribution in [3.63, 3.8) is 0 Å². The highest BCUT2D eigenvalue weighted by Crippen LogP contribution is 2.12. The summed E-state index contributed by atoms with van der Waals surface area (Å²) in [5.41, 5.74) is 1.50. The Bertz CT molecular complexity index is 662. The molecular weight excluding hydrogens is 254 g/mol. The van der Waals surface area contributed by atoms with Crippen LogP contribution in [0.4, 0.5) is 5.82 Å². The fourth-order valence-electron chi connectivity index (χ4n) is 1.59. The van der Waals surface area contributed by atoms with Crippen LogP contribution >= 0.6 is 0 Å². The highest BCUT2D eigenvalue weighted by Gasteiger charge is 2.05. The van der Waals surface area contributed by atoms with E-state index in [1.807, 2.05) is 19.1 Å². The van der Waals surface area contributed by atoms with Gasteiger partial charge in [0.15, 0.2) is 6.61 Å². The third-order valence-electron chi connectivity index (χ3n) is 2.52. The smallest absolute Gasteiger partial charge is 0.263 e. The predicted octanol–water partition coefficient (Wildman–Crippen LogP) is 2.28. The molecule has 0 aliphatic rings. The number of aromatic nitrogens is 1. The number of anilines is 1. The molecule has 2 aromatic rings. The second-order valence-corrected chi connectivity index (χ2v) is 4.19. The maximum Gasteiger partial charge on any atom is 0.263 e. The topological polar surface area (TPSA) is 75.0 Å². The van der Waals surface area contributed by atoms with Crippen LogP contribution in [0.15, 0.2) is 42.6 Å². The Kier molecular flexibility index (Phi) is 4.30. The lowest BCUT2D eigenvalue weighted by molar-refractivity contribution is -0.118. The Morgan fingerprint density at radius 3 is 3.00 bits per heavy atom. The Hall–Kier alpha value is -2.87. The molecule has 5 heteroatoms. The van der Waals surface area contributed by atoms with Gasteiger partial charge in [-0.05, 0) is 42.8 Å². The van der Waals surface area contributed by atoms with Gasteiger partial charge in [-0.25, -0.2) is 4.98 Å². The Morgan fingerprint density at radius 2 is 2.25 bits per heavy atom. The second kappa shape index (κ2) is 6.34. The SMILES string of the molecule is Cc1ccnc(NC(=O)COc2cccc(C#N)c2)c1. The summed E-state index contributed by atoms with van der Waals surface area (Å²) in [7, 11) is 0. The first kappa shape index (κ1) is 13.6. The van der Waals surface area contributed by atoms with Crippen LogP contribution in [0, 0.1) is 18.3 Å². The molecule has 100 valence electrons. The number of carbonyl (C=O) groups excluding carboxylic acids is 1. The van der Waals surface area contributed by atoms with Crippen LogP contribution in [-0.4, -0.2) is 17.5 Å². The molecule has 20 heavy (non-hydrogen) atoms. The summed E-state index contributed by atoms with van der Waals surface area (Å²) < 4.78 is 5.32. The summed E-state index contributed by atoms with van der Waals surface area (Å²) in [4.78, 5) is 15.7. The molecule has 0 spiro atoms. The van der Waals surface area contributed by atoms with Crippen molar-refractivity contribution in [2.75, 3.05) is 11.9 Å². The maximum absolute atomic E-state index is 11.7. The number of carbonyl (C=O) groups is 1. The normalized spacial score (nSPS) is 9.60. The molecular formula is C15H13N3O2. The molecule has 0 atom stereocenters. The van der Waals surface area contributed by atoms with E-state index in [9.17, 15) is 4.79 Å². The van der Waals surface area contributed by atoms with E-state index in [1.54, 1.807) is 36.5 Å². The third kappa shape index (κ3) is 3.82. The largest absolute Gasteiger partial charge is 0.484 e. The van der Waals surface area contributed by atoms with Gasteiger partial charge in [-0.1, -0.05) is 6.07 Å². The van der Waals surface area contributed by atoms with Gasteiger partial charge in [-0.3, -0.25) is 4.79 Å². The third-order valence-corrected chi connectivity index (χ3v) is 2.52. The van der Waals surface area contributed by atoms with Crippen molar-refractivity contribution in [2.45, 2.75) is 6.92 Å². The molecule has 5 nitrogen and oxygen atoms in total. The van der Waals surface area contributed by atoms with Crippen molar-refractivity contribution in [2.24, 2.45) is 0 Å². The number of benzene rings is 1. The van der Waals surface area contributed by atoms with Crippen molar-refractivity contribution in [3.8, 4) is 11.8 Å². The van der Waals surface area contributed by atoms with E-state index in [1.165, 1.54) is 0 Å². The second-order valence-electron chi connectivity index (χ2n) is 4.19. The molecule has 0 radical (unpaired) electrons. The summed E-state index contributed by atoms with van der Waals surface area (Å²) in [6, 6.07) is 12.3. The average molecular weight is 267 g/mol. The molecule has 0 unspecified atom stereocenters. The van der Waals surface area contributed by atoms with Crippen LogP contribution in [-0.2, 0) is 4.79 Å². The number of rotatable bonds is 4. The number of amides is 1. The van der Waals surface area contributed by atoms with Crippen LogP contribution < -0.4 is 10.1 Å². The number of pyridine rings is 1. The molecule has 0 aliphatic heterocycles. The summed E-state index contributed by atoms with van der Waals surface area (Å²) >= 11 is 0. The summed E-state index contributed by atoms with van der Waals surface area (Å²) in [6.07, 6.45) is 1.63. The maximum atomic E-state index is 11.7. The van der Waals surface area contributed by atoms with Gasteiger partial charge in [0, 0.05) is 6.20 Å². The molecule has 0 bridgehead atoms. The van der Waals surface area contributed by atoms with Gasteiger partial charge in [0.2, 0.25) is 0 Å². The molecule has 2 rings (SSSR count). The van der Waals surface area contributed by atoms with Gasteiger partial charge >= 0.3 is 0 Å². The highest BCUT2D eigenvalue weighted by atomic mass is 16.5. The van der Waals surface area contributed by atoms with Crippen LogP contribution in [0.2, 0.25) is 0 Å². The monoisotopic (exact) mass is 267 g/mol. The van der Waals surface area contributed by atoms with Gasteiger partial charge in [0.05, 0.1) is 11.6 Å². The lowest BCUT2D eigenvalue weighted by Gasteiger charge is -2.07. The van der Waals surface area contributed by atoms with E-state index in [-0.39, 0.29) is 12.5 Å². The van der Waals surface area contributed by atoms with E-state index in [0.29, 0.717) is 17.1 Å². The minimum Gasteiger partial charge on any atom is -0.484 e. The Labute approximate surface area is 116 Å². The molecule has 0 saturated carbocycles. The summed E-state index contributed by atoms with van der Waals surface area (Å²) in [5.74, 6) is 0.672. The van der Waals surface area contributed by atoms with Gasteiger partial charge < -0.3 is 10.1 Å². The number of nitriles is 1. The summed E-state index contributed by atoms with van der Waals surface area (Å²) in [6.45, 7) is 1.78. The lowest BCUT2D eigenvalue weighted by atomic mass is 10.2. The van der Waals surface area contributed by atoms with Gasteiger partial charge in [0.25, 0.3) is 5.91 Å². The highest BCUT2D eigenvalue weighted by molar-refractivity contribution is 5.91. The van der Waals surface area contributed by atoms with E-state index in [2.05, 4.69) is 10.3 Å². The molecule has 1 aromatic carbocycles. The zero-order valence-electron chi connectivity index (χ0n) is 11.0. The predicted molar refractivity (Wildman–Crippen MR) is 74.3 cm³/mol. The average Bonchev–Trinajstić information content (AvgIpc) is 2.45. The molecule has 0 saturated heterocycles. The van der Waals surface area contributed by atoms with E-state index in [0.717, 1.165) is 5.56 Å². The number of ether oxygens (including phenoxy) is 1. The quantitative estimate of drug-likeness (QED) is 0.922. The fraction of sp³-hybridized carbons (Fsp3) is 0.133. The molecule has 1 N–H and O–H groups in total. The molecule has 1 amide bonds. The van der Waals surface area contributed by atoms with Crippen molar-refractivity contribution >= 4 is 11.7 Å². The summed E-state index contributed by atoms with van der Waals surface area (Å²) in [5, 5.41) is 11.4. The fourth-order valence-corrected chi connectivity index (χ4v) is 1.59. The van der Waals surface area contributed by atoms with Gasteiger partial charge in [-0.15, -0.1) is 0 Å².